The average molecular weight is 307 g/mol. The number of halogens is 2. The largest absolute Gasteiger partial charge is 0.237 e. The molecule has 0 atom stereocenters. The van der Waals surface area contributed by atoms with Crippen molar-refractivity contribution in [1.29, 1.82) is 0 Å². The third kappa shape index (κ3) is 3.79. The molecule has 0 aliphatic carbocycles. The molecule has 0 aliphatic rings. The molecule has 112 valence electrons. The van der Waals surface area contributed by atoms with Gasteiger partial charge in [0.25, 0.3) is 0 Å². The minimum absolute atomic E-state index is 0.248. The topological polar surface area (TPSA) is 25.8 Å². The van der Waals surface area contributed by atoms with Gasteiger partial charge in [-0.05, 0) is 49.9 Å². The fourth-order valence-electron chi connectivity index (χ4n) is 2.26. The maximum atomic E-state index is 13.1. The molecule has 2 aromatic rings. The van der Waals surface area contributed by atoms with Gasteiger partial charge in [0.1, 0.15) is 16.8 Å². The van der Waals surface area contributed by atoms with Crippen molar-refractivity contribution in [2.75, 3.05) is 0 Å². The minimum Gasteiger partial charge on any atom is -0.237 e. The van der Waals surface area contributed by atoms with Crippen LogP contribution in [0.5, 0.6) is 0 Å². The van der Waals surface area contributed by atoms with Crippen LogP contribution >= 0.6 is 11.6 Å². The Balaban J connectivity index is 2.43. The van der Waals surface area contributed by atoms with E-state index in [1.54, 1.807) is 12.1 Å². The standard InChI is InChI=1S/C17H20ClFN2/c1-11(2)9-14-10-15(18)21-16(20-14)17(3,4)12-5-7-13(19)8-6-12/h5-8,10-11H,9H2,1-4H3. The van der Waals surface area contributed by atoms with Crippen molar-refractivity contribution in [1.82, 2.24) is 9.97 Å². The summed E-state index contributed by atoms with van der Waals surface area (Å²) in [5.41, 5.74) is 1.47. The normalized spacial score (nSPS) is 12.0. The quantitative estimate of drug-likeness (QED) is 0.759. The zero-order valence-electron chi connectivity index (χ0n) is 12.8. The first kappa shape index (κ1) is 15.9. The van der Waals surface area contributed by atoms with Gasteiger partial charge in [0, 0.05) is 11.1 Å². The zero-order chi connectivity index (χ0) is 15.6. The van der Waals surface area contributed by atoms with Crippen LogP contribution in [0.2, 0.25) is 5.15 Å². The maximum Gasteiger partial charge on any atom is 0.140 e. The molecule has 0 saturated carbocycles. The van der Waals surface area contributed by atoms with Crippen molar-refractivity contribution < 1.29 is 4.39 Å². The second-order valence-electron chi connectivity index (χ2n) is 6.24. The van der Waals surface area contributed by atoms with E-state index in [0.717, 1.165) is 17.7 Å². The SMILES string of the molecule is CC(C)Cc1cc(Cl)nc(C(C)(C)c2ccc(F)cc2)n1. The number of rotatable bonds is 4. The monoisotopic (exact) mass is 306 g/mol. The highest BCUT2D eigenvalue weighted by Gasteiger charge is 2.27. The van der Waals surface area contributed by atoms with Gasteiger partial charge in [0.2, 0.25) is 0 Å². The van der Waals surface area contributed by atoms with Crippen LogP contribution in [0.3, 0.4) is 0 Å². The van der Waals surface area contributed by atoms with E-state index in [0.29, 0.717) is 16.9 Å². The molecule has 1 aromatic carbocycles. The second kappa shape index (κ2) is 6.10. The van der Waals surface area contributed by atoms with Gasteiger partial charge in [-0.1, -0.05) is 37.6 Å². The lowest BCUT2D eigenvalue weighted by atomic mass is 9.83. The molecule has 0 amide bonds. The Morgan fingerprint density at radius 2 is 1.76 bits per heavy atom. The van der Waals surface area contributed by atoms with E-state index < -0.39 is 5.41 Å². The highest BCUT2D eigenvalue weighted by Crippen LogP contribution is 2.30. The van der Waals surface area contributed by atoms with Crippen LogP contribution in [0.4, 0.5) is 4.39 Å². The summed E-state index contributed by atoms with van der Waals surface area (Å²) < 4.78 is 13.1. The van der Waals surface area contributed by atoms with E-state index in [9.17, 15) is 4.39 Å². The third-order valence-corrected chi connectivity index (χ3v) is 3.68. The number of benzene rings is 1. The van der Waals surface area contributed by atoms with Crippen molar-refractivity contribution in [2.24, 2.45) is 5.92 Å². The van der Waals surface area contributed by atoms with Crippen LogP contribution in [0.1, 0.15) is 44.8 Å². The minimum atomic E-state index is -0.426. The summed E-state index contributed by atoms with van der Waals surface area (Å²) >= 11 is 6.14. The van der Waals surface area contributed by atoms with Gasteiger partial charge < -0.3 is 0 Å². The Kier molecular flexibility index (Phi) is 4.62. The molecule has 0 spiro atoms. The number of hydrogen-bond acceptors (Lipinski definition) is 2. The third-order valence-electron chi connectivity index (χ3n) is 3.49. The Morgan fingerprint density at radius 3 is 2.33 bits per heavy atom. The van der Waals surface area contributed by atoms with Crippen molar-refractivity contribution in [3.63, 3.8) is 0 Å². The summed E-state index contributed by atoms with van der Waals surface area (Å²) in [7, 11) is 0. The molecule has 2 rings (SSSR count). The van der Waals surface area contributed by atoms with Crippen molar-refractivity contribution in [3.8, 4) is 0 Å². The zero-order valence-corrected chi connectivity index (χ0v) is 13.6. The average Bonchev–Trinajstić information content (AvgIpc) is 2.37. The smallest absolute Gasteiger partial charge is 0.140 e. The molecule has 0 radical (unpaired) electrons. The van der Waals surface area contributed by atoms with Gasteiger partial charge in [-0.2, -0.15) is 0 Å². The van der Waals surface area contributed by atoms with Gasteiger partial charge in [0.15, 0.2) is 0 Å². The molecule has 0 saturated heterocycles. The van der Waals surface area contributed by atoms with E-state index in [-0.39, 0.29) is 5.82 Å². The lowest BCUT2D eigenvalue weighted by Gasteiger charge is -2.24. The predicted molar refractivity (Wildman–Crippen MR) is 84.1 cm³/mol. The number of nitrogens with zero attached hydrogens (tertiary/aromatic N) is 2. The maximum absolute atomic E-state index is 13.1. The first-order valence-corrected chi connectivity index (χ1v) is 7.47. The highest BCUT2D eigenvalue weighted by atomic mass is 35.5. The van der Waals surface area contributed by atoms with Crippen molar-refractivity contribution in [2.45, 2.75) is 39.5 Å². The Bertz CT molecular complexity index is 621. The van der Waals surface area contributed by atoms with Crippen molar-refractivity contribution >= 4 is 11.6 Å². The summed E-state index contributed by atoms with van der Waals surface area (Å²) in [6.07, 6.45) is 0.856. The molecule has 21 heavy (non-hydrogen) atoms. The molecule has 0 unspecified atom stereocenters. The van der Waals surface area contributed by atoms with Gasteiger partial charge in [-0.3, -0.25) is 0 Å². The highest BCUT2D eigenvalue weighted by molar-refractivity contribution is 6.29. The van der Waals surface area contributed by atoms with E-state index in [4.69, 9.17) is 11.6 Å². The van der Waals surface area contributed by atoms with Crippen LogP contribution in [0, 0.1) is 11.7 Å². The van der Waals surface area contributed by atoms with Crippen LogP contribution in [0.25, 0.3) is 0 Å². The van der Waals surface area contributed by atoms with Gasteiger partial charge >= 0.3 is 0 Å². The summed E-state index contributed by atoms with van der Waals surface area (Å²) in [6.45, 7) is 8.32. The first-order valence-electron chi connectivity index (χ1n) is 7.09. The van der Waals surface area contributed by atoms with E-state index >= 15 is 0 Å². The molecule has 0 N–H and O–H groups in total. The Labute approximate surface area is 130 Å². The summed E-state index contributed by atoms with van der Waals surface area (Å²) in [5.74, 6) is 0.914. The lowest BCUT2D eigenvalue weighted by Crippen LogP contribution is -2.23. The predicted octanol–water partition coefficient (Wildman–Crippen LogP) is 4.79. The molecule has 0 bridgehead atoms. The van der Waals surface area contributed by atoms with Crippen LogP contribution in [0.15, 0.2) is 30.3 Å². The molecule has 0 fully saturated rings. The van der Waals surface area contributed by atoms with E-state index in [1.165, 1.54) is 12.1 Å². The van der Waals surface area contributed by atoms with E-state index in [1.807, 2.05) is 19.9 Å². The van der Waals surface area contributed by atoms with Gasteiger partial charge in [0.05, 0.1) is 0 Å². The molecular formula is C17H20ClFN2. The fourth-order valence-corrected chi connectivity index (χ4v) is 2.47. The van der Waals surface area contributed by atoms with Crippen LogP contribution < -0.4 is 0 Å². The second-order valence-corrected chi connectivity index (χ2v) is 6.62. The summed E-state index contributed by atoms with van der Waals surface area (Å²) in [5, 5.41) is 0.450. The van der Waals surface area contributed by atoms with Gasteiger partial charge in [-0.15, -0.1) is 0 Å². The molecule has 2 nitrogen and oxygen atoms in total. The molecule has 1 heterocycles. The Hall–Kier alpha value is -1.48. The molecule has 1 aromatic heterocycles. The van der Waals surface area contributed by atoms with E-state index in [2.05, 4.69) is 23.8 Å². The van der Waals surface area contributed by atoms with Gasteiger partial charge in [-0.25, -0.2) is 14.4 Å². The van der Waals surface area contributed by atoms with Crippen molar-refractivity contribution in [3.05, 3.63) is 58.4 Å². The van der Waals surface area contributed by atoms with Crippen LogP contribution in [-0.4, -0.2) is 9.97 Å². The molecule has 4 heteroatoms. The number of aromatic nitrogens is 2. The van der Waals surface area contributed by atoms with Crippen LogP contribution in [-0.2, 0) is 11.8 Å². The summed E-state index contributed by atoms with van der Waals surface area (Å²) in [6, 6.07) is 8.25. The first-order chi connectivity index (χ1) is 9.79. The number of hydrogen-bond donors (Lipinski definition) is 0. The lowest BCUT2D eigenvalue weighted by molar-refractivity contribution is 0.568. The Morgan fingerprint density at radius 1 is 1.14 bits per heavy atom. The molecule has 0 aliphatic heterocycles. The summed E-state index contributed by atoms with van der Waals surface area (Å²) in [4.78, 5) is 9.03. The molecular weight excluding hydrogens is 287 g/mol. The fraction of sp³-hybridized carbons (Fsp3) is 0.412.